The third-order valence-corrected chi connectivity index (χ3v) is 3.57. The number of aliphatic imine (C=N–C) groups is 1. The minimum Gasteiger partial charge on any atom is -0.211 e. The summed E-state index contributed by atoms with van der Waals surface area (Å²) in [5.41, 5.74) is 2.06. The van der Waals surface area contributed by atoms with Crippen molar-refractivity contribution in [3.63, 3.8) is 0 Å². The van der Waals surface area contributed by atoms with Crippen molar-refractivity contribution >= 4 is 22.0 Å². The van der Waals surface area contributed by atoms with Crippen molar-refractivity contribution in [2.75, 3.05) is 0 Å². The molecule has 0 aliphatic heterocycles. The van der Waals surface area contributed by atoms with Crippen LogP contribution in [-0.2, 0) is 10.3 Å². The molecule has 2 nitrogen and oxygen atoms in total. The number of halogens is 1. The van der Waals surface area contributed by atoms with Gasteiger partial charge >= 0.3 is 0 Å². The molecule has 1 aromatic rings. The molecule has 0 amide bonds. The summed E-state index contributed by atoms with van der Waals surface area (Å²) in [5.74, 6) is 0. The van der Waals surface area contributed by atoms with E-state index in [9.17, 15) is 4.79 Å². The first-order chi connectivity index (χ1) is 6.68. The van der Waals surface area contributed by atoms with E-state index < -0.39 is 0 Å². The molecule has 0 bridgehead atoms. The average molecular weight is 252 g/mol. The predicted octanol–water partition coefficient (Wildman–Crippen LogP) is 3.08. The second kappa shape index (κ2) is 3.34. The van der Waals surface area contributed by atoms with Gasteiger partial charge in [-0.2, -0.15) is 4.99 Å². The summed E-state index contributed by atoms with van der Waals surface area (Å²) in [4.78, 5) is 14.2. The summed E-state index contributed by atoms with van der Waals surface area (Å²) in [6.07, 6.45) is 3.59. The van der Waals surface area contributed by atoms with Gasteiger partial charge in [-0.1, -0.05) is 28.1 Å². The Morgan fingerprint density at radius 1 is 1.50 bits per heavy atom. The summed E-state index contributed by atoms with van der Waals surface area (Å²) >= 11 is 3.45. The highest BCUT2D eigenvalue weighted by Gasteiger charge is 2.44. The van der Waals surface area contributed by atoms with E-state index in [2.05, 4.69) is 27.0 Å². The van der Waals surface area contributed by atoms with Crippen molar-refractivity contribution in [2.24, 2.45) is 4.99 Å². The van der Waals surface area contributed by atoms with Crippen LogP contribution in [0.3, 0.4) is 0 Å². The monoisotopic (exact) mass is 251 g/mol. The fourth-order valence-electron chi connectivity index (χ4n) is 1.60. The molecular formula is C11H10BrNO. The normalized spacial score (nSPS) is 17.3. The lowest BCUT2D eigenvalue weighted by Gasteiger charge is -2.09. The molecule has 0 saturated heterocycles. The molecule has 0 atom stereocenters. The fourth-order valence-corrected chi connectivity index (χ4v) is 1.85. The van der Waals surface area contributed by atoms with E-state index in [0.29, 0.717) is 0 Å². The largest absolute Gasteiger partial charge is 0.235 e. The van der Waals surface area contributed by atoms with Crippen LogP contribution in [0.25, 0.3) is 0 Å². The Morgan fingerprint density at radius 3 is 2.71 bits per heavy atom. The first kappa shape index (κ1) is 9.63. The zero-order valence-corrected chi connectivity index (χ0v) is 9.47. The van der Waals surface area contributed by atoms with E-state index in [-0.39, 0.29) is 5.54 Å². The van der Waals surface area contributed by atoms with Gasteiger partial charge in [0.25, 0.3) is 0 Å². The number of hydrogen-bond acceptors (Lipinski definition) is 2. The molecule has 0 unspecified atom stereocenters. The third-order valence-electron chi connectivity index (χ3n) is 2.68. The molecule has 0 aromatic heterocycles. The van der Waals surface area contributed by atoms with Gasteiger partial charge in [0.1, 0.15) is 0 Å². The maximum Gasteiger partial charge on any atom is 0.235 e. The molecule has 2 rings (SSSR count). The summed E-state index contributed by atoms with van der Waals surface area (Å²) in [5, 5.41) is 0. The molecular weight excluding hydrogens is 242 g/mol. The minimum absolute atomic E-state index is 0.243. The van der Waals surface area contributed by atoms with Crippen LogP contribution in [0, 0.1) is 6.92 Å². The molecule has 72 valence electrons. The first-order valence-electron chi connectivity index (χ1n) is 4.54. The highest BCUT2D eigenvalue weighted by Crippen LogP contribution is 2.49. The number of benzene rings is 1. The third kappa shape index (κ3) is 1.54. The number of carbonyl (C=O) groups excluding carboxylic acids is 1. The fraction of sp³-hybridized carbons (Fsp3) is 0.364. The lowest BCUT2D eigenvalue weighted by Crippen LogP contribution is -2.02. The van der Waals surface area contributed by atoms with E-state index in [1.54, 1.807) is 6.08 Å². The van der Waals surface area contributed by atoms with Gasteiger partial charge in [0, 0.05) is 4.47 Å². The Kier molecular flexibility index (Phi) is 2.30. The van der Waals surface area contributed by atoms with Gasteiger partial charge in [-0.3, -0.25) is 0 Å². The van der Waals surface area contributed by atoms with Gasteiger partial charge in [-0.25, -0.2) is 4.79 Å². The van der Waals surface area contributed by atoms with Crippen LogP contribution in [0.2, 0.25) is 0 Å². The highest BCUT2D eigenvalue weighted by atomic mass is 79.9. The molecule has 1 fully saturated rings. The Balaban J connectivity index is 2.42. The second-order valence-corrected chi connectivity index (χ2v) is 4.55. The Bertz CT molecular complexity index is 417. The molecule has 0 N–H and O–H groups in total. The molecule has 0 heterocycles. The molecule has 1 aliphatic rings. The van der Waals surface area contributed by atoms with Crippen molar-refractivity contribution in [1.29, 1.82) is 0 Å². The van der Waals surface area contributed by atoms with Crippen LogP contribution < -0.4 is 0 Å². The predicted molar refractivity (Wildman–Crippen MR) is 57.9 cm³/mol. The SMILES string of the molecule is Cc1cc(C2(N=C=O)CC2)ccc1Br. The van der Waals surface area contributed by atoms with Gasteiger partial charge < -0.3 is 0 Å². The lowest BCUT2D eigenvalue weighted by atomic mass is 10.0. The second-order valence-electron chi connectivity index (χ2n) is 3.70. The quantitative estimate of drug-likeness (QED) is 0.587. The molecule has 1 aromatic carbocycles. The van der Waals surface area contributed by atoms with Crippen molar-refractivity contribution in [2.45, 2.75) is 25.3 Å². The van der Waals surface area contributed by atoms with Crippen molar-refractivity contribution in [3.05, 3.63) is 33.8 Å². The van der Waals surface area contributed by atoms with Crippen molar-refractivity contribution < 1.29 is 4.79 Å². The van der Waals surface area contributed by atoms with Crippen molar-refractivity contribution in [3.8, 4) is 0 Å². The Hall–Kier alpha value is -0.920. The van der Waals surface area contributed by atoms with Gasteiger partial charge in [0.05, 0.1) is 5.54 Å². The molecule has 0 radical (unpaired) electrons. The molecule has 3 heteroatoms. The Morgan fingerprint density at radius 2 is 2.21 bits per heavy atom. The van der Waals surface area contributed by atoms with Crippen LogP contribution in [0.5, 0.6) is 0 Å². The van der Waals surface area contributed by atoms with Gasteiger partial charge in [-0.15, -0.1) is 0 Å². The number of isocyanates is 1. The molecule has 14 heavy (non-hydrogen) atoms. The van der Waals surface area contributed by atoms with Gasteiger partial charge in [0.2, 0.25) is 6.08 Å². The number of nitrogens with zero attached hydrogens (tertiary/aromatic N) is 1. The minimum atomic E-state index is -0.243. The van der Waals surface area contributed by atoms with E-state index >= 15 is 0 Å². The van der Waals surface area contributed by atoms with Gasteiger partial charge in [-0.05, 0) is 37.0 Å². The molecule has 0 spiro atoms. The maximum absolute atomic E-state index is 10.3. The first-order valence-corrected chi connectivity index (χ1v) is 5.33. The summed E-state index contributed by atoms with van der Waals surface area (Å²) < 4.78 is 1.09. The number of rotatable bonds is 2. The van der Waals surface area contributed by atoms with Crippen LogP contribution in [-0.4, -0.2) is 6.08 Å². The average Bonchev–Trinajstić information content (AvgIpc) is 2.91. The zero-order valence-electron chi connectivity index (χ0n) is 7.88. The zero-order chi connectivity index (χ0) is 10.2. The maximum atomic E-state index is 10.3. The highest BCUT2D eigenvalue weighted by molar-refractivity contribution is 9.10. The van der Waals surface area contributed by atoms with Gasteiger partial charge in [0.15, 0.2) is 0 Å². The van der Waals surface area contributed by atoms with E-state index in [1.807, 2.05) is 19.1 Å². The van der Waals surface area contributed by atoms with Crippen LogP contribution in [0.4, 0.5) is 0 Å². The molecule has 1 aliphatic carbocycles. The van der Waals surface area contributed by atoms with Crippen LogP contribution in [0.15, 0.2) is 27.7 Å². The number of hydrogen-bond donors (Lipinski definition) is 0. The summed E-state index contributed by atoms with van der Waals surface area (Å²) in [7, 11) is 0. The van der Waals surface area contributed by atoms with Crippen molar-refractivity contribution in [1.82, 2.24) is 0 Å². The lowest BCUT2D eigenvalue weighted by molar-refractivity contribution is 0.556. The standard InChI is InChI=1S/C11H10BrNO/c1-8-6-9(2-3-10(8)12)11(4-5-11)13-7-14/h2-3,6H,4-5H2,1H3. The van der Waals surface area contributed by atoms with E-state index in [0.717, 1.165) is 22.9 Å². The van der Waals surface area contributed by atoms with Crippen LogP contribution in [0.1, 0.15) is 24.0 Å². The smallest absolute Gasteiger partial charge is 0.211 e. The molecule has 1 saturated carbocycles. The van der Waals surface area contributed by atoms with Crippen LogP contribution >= 0.6 is 15.9 Å². The summed E-state index contributed by atoms with van der Waals surface area (Å²) in [6, 6.07) is 6.11. The summed E-state index contributed by atoms with van der Waals surface area (Å²) in [6.45, 7) is 2.04. The Labute approximate surface area is 91.2 Å². The van der Waals surface area contributed by atoms with E-state index in [4.69, 9.17) is 0 Å². The topological polar surface area (TPSA) is 29.4 Å². The van der Waals surface area contributed by atoms with E-state index in [1.165, 1.54) is 5.56 Å². The number of aryl methyl sites for hydroxylation is 1.